The van der Waals surface area contributed by atoms with Gasteiger partial charge in [0.05, 0.1) is 12.4 Å². The average molecular weight is 249 g/mol. The van der Waals surface area contributed by atoms with Gasteiger partial charge in [-0.2, -0.15) is 17.5 Å². The minimum Gasteiger partial charge on any atom is -0.395 e. The van der Waals surface area contributed by atoms with Crippen LogP contribution in [0.2, 0.25) is 0 Å². The van der Waals surface area contributed by atoms with Crippen molar-refractivity contribution >= 4 is 10.0 Å². The van der Waals surface area contributed by atoms with Crippen LogP contribution in [0.25, 0.3) is 0 Å². The van der Waals surface area contributed by atoms with Crippen molar-refractivity contribution in [2.75, 3.05) is 25.4 Å². The van der Waals surface area contributed by atoms with E-state index in [1.807, 2.05) is 0 Å². The van der Waals surface area contributed by atoms with Gasteiger partial charge in [-0.3, -0.25) is 0 Å². The van der Waals surface area contributed by atoms with Crippen LogP contribution in [0, 0.1) is 0 Å². The van der Waals surface area contributed by atoms with E-state index in [1.54, 1.807) is 6.92 Å². The third-order valence-corrected chi connectivity index (χ3v) is 3.37. The van der Waals surface area contributed by atoms with Crippen LogP contribution in [-0.2, 0) is 10.0 Å². The van der Waals surface area contributed by atoms with Gasteiger partial charge >= 0.3 is 6.18 Å². The predicted molar refractivity (Wildman–Crippen MR) is 48.8 cm³/mol. The van der Waals surface area contributed by atoms with Crippen LogP contribution in [-0.4, -0.2) is 49.5 Å². The first-order chi connectivity index (χ1) is 6.73. The van der Waals surface area contributed by atoms with Crippen LogP contribution < -0.4 is 0 Å². The molecule has 0 aromatic carbocycles. The third kappa shape index (κ3) is 5.95. The average Bonchev–Trinajstić information content (AvgIpc) is 2.01. The summed E-state index contributed by atoms with van der Waals surface area (Å²) in [7, 11) is -4.00. The van der Waals surface area contributed by atoms with Crippen LogP contribution in [0.3, 0.4) is 0 Å². The lowest BCUT2D eigenvalue weighted by Crippen LogP contribution is -2.41. The van der Waals surface area contributed by atoms with Crippen molar-refractivity contribution in [3.63, 3.8) is 0 Å². The number of alkyl halides is 3. The first-order valence-electron chi connectivity index (χ1n) is 4.38. The molecule has 0 aromatic rings. The van der Waals surface area contributed by atoms with Crippen LogP contribution in [0.1, 0.15) is 13.3 Å². The van der Waals surface area contributed by atoms with Gasteiger partial charge in [-0.15, -0.1) is 0 Å². The Kier molecular flexibility index (Phi) is 5.54. The molecule has 15 heavy (non-hydrogen) atoms. The first kappa shape index (κ1) is 14.7. The standard InChI is InChI=1S/C7H14F3NO3S/c1-2-3-11(6-7(8,9)10)15(13,14)5-4-12/h12H,2-6H2,1H3. The number of sulfonamides is 1. The lowest BCUT2D eigenvalue weighted by molar-refractivity contribution is -0.136. The van der Waals surface area contributed by atoms with E-state index in [0.29, 0.717) is 10.7 Å². The van der Waals surface area contributed by atoms with Gasteiger partial charge in [-0.25, -0.2) is 8.42 Å². The highest BCUT2D eigenvalue weighted by Crippen LogP contribution is 2.18. The molecule has 0 atom stereocenters. The molecule has 0 amide bonds. The molecule has 0 unspecified atom stereocenters. The zero-order chi connectivity index (χ0) is 12.1. The van der Waals surface area contributed by atoms with Gasteiger partial charge in [0.2, 0.25) is 10.0 Å². The maximum absolute atomic E-state index is 12.0. The quantitative estimate of drug-likeness (QED) is 0.749. The summed E-state index contributed by atoms with van der Waals surface area (Å²) in [6.07, 6.45) is -4.27. The SMILES string of the molecule is CCCN(CC(F)(F)F)S(=O)(=O)CCO. The highest BCUT2D eigenvalue weighted by Gasteiger charge is 2.35. The molecule has 0 aliphatic carbocycles. The number of nitrogens with zero attached hydrogens (tertiary/aromatic N) is 1. The molecule has 0 aliphatic heterocycles. The Balaban J connectivity index is 4.66. The van der Waals surface area contributed by atoms with Crippen molar-refractivity contribution in [2.45, 2.75) is 19.5 Å². The second-order valence-corrected chi connectivity index (χ2v) is 5.08. The monoisotopic (exact) mass is 249 g/mol. The van der Waals surface area contributed by atoms with Gasteiger partial charge in [0, 0.05) is 6.54 Å². The van der Waals surface area contributed by atoms with Crippen LogP contribution in [0.15, 0.2) is 0 Å². The smallest absolute Gasteiger partial charge is 0.395 e. The van der Waals surface area contributed by atoms with Crippen molar-refractivity contribution in [3.05, 3.63) is 0 Å². The molecule has 4 nitrogen and oxygen atoms in total. The Bertz CT molecular complexity index is 276. The molecule has 0 rings (SSSR count). The summed E-state index contributed by atoms with van der Waals surface area (Å²) in [4.78, 5) is 0. The minimum atomic E-state index is -4.56. The number of aliphatic hydroxyl groups is 1. The second-order valence-electron chi connectivity index (χ2n) is 2.99. The maximum atomic E-state index is 12.0. The highest BCUT2D eigenvalue weighted by atomic mass is 32.2. The maximum Gasteiger partial charge on any atom is 0.402 e. The van der Waals surface area contributed by atoms with Crippen LogP contribution in [0.4, 0.5) is 13.2 Å². The topological polar surface area (TPSA) is 57.6 Å². The number of rotatable bonds is 6. The molecular weight excluding hydrogens is 235 g/mol. The number of halogens is 3. The molecule has 0 spiro atoms. The number of hydrogen-bond donors (Lipinski definition) is 1. The lowest BCUT2D eigenvalue weighted by Gasteiger charge is -2.22. The fourth-order valence-electron chi connectivity index (χ4n) is 1.01. The Morgan fingerprint density at radius 1 is 1.33 bits per heavy atom. The second kappa shape index (κ2) is 5.66. The molecule has 0 aliphatic rings. The van der Waals surface area contributed by atoms with Gasteiger partial charge in [0.1, 0.15) is 6.54 Å². The summed E-state index contributed by atoms with van der Waals surface area (Å²) in [5.41, 5.74) is 0. The molecule has 8 heteroatoms. The normalized spacial score (nSPS) is 13.5. The van der Waals surface area contributed by atoms with Crippen molar-refractivity contribution in [1.29, 1.82) is 0 Å². The minimum absolute atomic E-state index is 0.193. The van der Waals surface area contributed by atoms with Crippen molar-refractivity contribution in [2.24, 2.45) is 0 Å². The Morgan fingerprint density at radius 2 is 1.87 bits per heavy atom. The molecule has 92 valence electrons. The Morgan fingerprint density at radius 3 is 2.20 bits per heavy atom. The van der Waals surface area contributed by atoms with E-state index in [0.717, 1.165) is 0 Å². The third-order valence-electron chi connectivity index (χ3n) is 1.57. The molecule has 0 radical (unpaired) electrons. The molecule has 0 fully saturated rings. The molecule has 0 saturated heterocycles. The lowest BCUT2D eigenvalue weighted by atomic mass is 10.5. The predicted octanol–water partition coefficient (Wildman–Crippen LogP) is 0.583. The largest absolute Gasteiger partial charge is 0.402 e. The number of aliphatic hydroxyl groups excluding tert-OH is 1. The summed E-state index contributed by atoms with van der Waals surface area (Å²) in [6, 6.07) is 0. The van der Waals surface area contributed by atoms with E-state index in [1.165, 1.54) is 0 Å². The summed E-state index contributed by atoms with van der Waals surface area (Å²) in [6.45, 7) is -0.788. The van der Waals surface area contributed by atoms with E-state index in [2.05, 4.69) is 0 Å². The van der Waals surface area contributed by atoms with Gasteiger partial charge in [0.15, 0.2) is 0 Å². The number of hydrogen-bond acceptors (Lipinski definition) is 3. The summed E-state index contributed by atoms with van der Waals surface area (Å²) in [5, 5.41) is 8.43. The summed E-state index contributed by atoms with van der Waals surface area (Å²) >= 11 is 0. The molecule has 0 bridgehead atoms. The van der Waals surface area contributed by atoms with Gasteiger partial charge in [-0.1, -0.05) is 6.92 Å². The van der Waals surface area contributed by atoms with E-state index in [9.17, 15) is 21.6 Å². The van der Waals surface area contributed by atoms with Crippen LogP contribution in [0.5, 0.6) is 0 Å². The van der Waals surface area contributed by atoms with Crippen molar-refractivity contribution in [1.82, 2.24) is 4.31 Å². The summed E-state index contributed by atoms with van der Waals surface area (Å²) < 4.78 is 59.0. The molecule has 0 saturated carbocycles. The zero-order valence-electron chi connectivity index (χ0n) is 8.29. The van der Waals surface area contributed by atoms with Gasteiger partial charge in [0.25, 0.3) is 0 Å². The Hall–Kier alpha value is -0.340. The molecule has 0 heterocycles. The van der Waals surface area contributed by atoms with Gasteiger partial charge in [-0.05, 0) is 6.42 Å². The van der Waals surface area contributed by atoms with Gasteiger partial charge < -0.3 is 5.11 Å². The van der Waals surface area contributed by atoms with E-state index >= 15 is 0 Å². The highest BCUT2D eigenvalue weighted by molar-refractivity contribution is 7.89. The molecule has 1 N–H and O–H groups in total. The van der Waals surface area contributed by atoms with Crippen LogP contribution >= 0.6 is 0 Å². The Labute approximate surface area is 86.7 Å². The zero-order valence-corrected chi connectivity index (χ0v) is 9.11. The first-order valence-corrected chi connectivity index (χ1v) is 5.99. The molecule has 0 aromatic heterocycles. The van der Waals surface area contributed by atoms with E-state index in [-0.39, 0.29) is 6.54 Å². The van der Waals surface area contributed by atoms with Crippen molar-refractivity contribution in [3.8, 4) is 0 Å². The van der Waals surface area contributed by atoms with Crippen molar-refractivity contribution < 1.29 is 26.7 Å². The molecular formula is C7H14F3NO3S. The van der Waals surface area contributed by atoms with E-state index < -0.39 is 35.1 Å². The van der Waals surface area contributed by atoms with E-state index in [4.69, 9.17) is 5.11 Å². The fraction of sp³-hybridized carbons (Fsp3) is 1.00. The fourth-order valence-corrected chi connectivity index (χ4v) is 2.30. The summed E-state index contributed by atoms with van der Waals surface area (Å²) in [5.74, 6) is -0.678.